The van der Waals surface area contributed by atoms with Crippen LogP contribution in [0.4, 0.5) is 5.95 Å². The molecule has 1 aliphatic heterocycles. The first-order valence-electron chi connectivity index (χ1n) is 6.43. The summed E-state index contributed by atoms with van der Waals surface area (Å²) in [5.41, 5.74) is 1.64. The monoisotopic (exact) mass is 251 g/mol. The van der Waals surface area contributed by atoms with Crippen molar-refractivity contribution in [2.45, 2.75) is 26.4 Å². The minimum absolute atomic E-state index is 0.00418. The van der Waals surface area contributed by atoms with Crippen LogP contribution in [0.15, 0.2) is 6.20 Å². The molecule has 5 heteroatoms. The van der Waals surface area contributed by atoms with Gasteiger partial charge in [0.1, 0.15) is 0 Å². The zero-order chi connectivity index (χ0) is 13.0. The summed E-state index contributed by atoms with van der Waals surface area (Å²) in [5, 5.41) is 9.10. The van der Waals surface area contributed by atoms with E-state index in [1.165, 1.54) is 0 Å². The summed E-state index contributed by atoms with van der Waals surface area (Å²) in [6.07, 6.45) is 3.92. The molecule has 0 spiro atoms. The van der Waals surface area contributed by atoms with Gasteiger partial charge < -0.3 is 14.7 Å². The number of aryl methyl sites for hydroxylation is 1. The van der Waals surface area contributed by atoms with Crippen molar-refractivity contribution in [3.8, 4) is 0 Å². The van der Waals surface area contributed by atoms with Crippen molar-refractivity contribution in [2.75, 3.05) is 31.7 Å². The number of ether oxygens (including phenoxy) is 1. The highest BCUT2D eigenvalue weighted by atomic mass is 16.5. The largest absolute Gasteiger partial charge is 0.392 e. The Labute approximate surface area is 108 Å². The molecular weight excluding hydrogens is 230 g/mol. The summed E-state index contributed by atoms with van der Waals surface area (Å²) in [6, 6.07) is 0. The minimum atomic E-state index is -0.00418. The summed E-state index contributed by atoms with van der Waals surface area (Å²) in [6.45, 7) is 4.58. The molecule has 18 heavy (non-hydrogen) atoms. The third kappa shape index (κ3) is 3.17. The van der Waals surface area contributed by atoms with Gasteiger partial charge in [0.25, 0.3) is 0 Å². The summed E-state index contributed by atoms with van der Waals surface area (Å²) in [7, 11) is 2.02. The molecule has 2 heterocycles. The van der Waals surface area contributed by atoms with Gasteiger partial charge in [-0.25, -0.2) is 9.97 Å². The molecule has 1 N–H and O–H groups in total. The fourth-order valence-corrected chi connectivity index (χ4v) is 2.22. The third-order valence-electron chi connectivity index (χ3n) is 3.45. The lowest BCUT2D eigenvalue weighted by Gasteiger charge is -2.27. The average molecular weight is 251 g/mol. The highest BCUT2D eigenvalue weighted by molar-refractivity contribution is 5.31. The number of aliphatic hydroxyl groups is 1. The van der Waals surface area contributed by atoms with Crippen molar-refractivity contribution in [3.63, 3.8) is 0 Å². The Hall–Kier alpha value is -1.20. The Morgan fingerprint density at radius 3 is 2.78 bits per heavy atom. The van der Waals surface area contributed by atoms with E-state index in [9.17, 15) is 0 Å². The van der Waals surface area contributed by atoms with Crippen LogP contribution < -0.4 is 4.90 Å². The van der Waals surface area contributed by atoms with Gasteiger partial charge in [0.2, 0.25) is 5.95 Å². The number of hydrogen-bond donors (Lipinski definition) is 1. The van der Waals surface area contributed by atoms with E-state index in [2.05, 4.69) is 14.9 Å². The minimum Gasteiger partial charge on any atom is -0.392 e. The van der Waals surface area contributed by atoms with Crippen LogP contribution in [0.5, 0.6) is 0 Å². The molecule has 1 aromatic rings. The number of hydrogen-bond acceptors (Lipinski definition) is 5. The second kappa shape index (κ2) is 6.11. The zero-order valence-electron chi connectivity index (χ0n) is 11.1. The molecule has 0 aliphatic carbocycles. The van der Waals surface area contributed by atoms with Gasteiger partial charge in [0.05, 0.1) is 6.61 Å². The Morgan fingerprint density at radius 2 is 2.17 bits per heavy atom. The van der Waals surface area contributed by atoms with E-state index in [-0.39, 0.29) is 6.61 Å². The van der Waals surface area contributed by atoms with Crippen LogP contribution in [-0.2, 0) is 11.3 Å². The lowest BCUT2D eigenvalue weighted by Crippen LogP contribution is -2.30. The predicted octanol–water partition coefficient (Wildman–Crippen LogP) is 1.14. The molecule has 5 nitrogen and oxygen atoms in total. The topological polar surface area (TPSA) is 58.5 Å². The smallest absolute Gasteiger partial charge is 0.225 e. The molecule has 0 aromatic carbocycles. The van der Waals surface area contributed by atoms with Crippen molar-refractivity contribution in [1.82, 2.24) is 9.97 Å². The molecule has 0 bridgehead atoms. The maximum Gasteiger partial charge on any atom is 0.225 e. The molecule has 0 amide bonds. The summed E-state index contributed by atoms with van der Waals surface area (Å²) in [4.78, 5) is 10.8. The van der Waals surface area contributed by atoms with E-state index >= 15 is 0 Å². The quantitative estimate of drug-likeness (QED) is 0.869. The van der Waals surface area contributed by atoms with Crippen molar-refractivity contribution in [2.24, 2.45) is 5.92 Å². The highest BCUT2D eigenvalue weighted by Gasteiger charge is 2.17. The van der Waals surface area contributed by atoms with Gasteiger partial charge in [-0.15, -0.1) is 0 Å². The molecule has 0 atom stereocenters. The number of nitrogens with zero attached hydrogens (tertiary/aromatic N) is 3. The van der Waals surface area contributed by atoms with Crippen LogP contribution in [-0.4, -0.2) is 41.9 Å². The molecular formula is C13H21N3O2. The molecule has 100 valence electrons. The summed E-state index contributed by atoms with van der Waals surface area (Å²) < 4.78 is 5.36. The maximum atomic E-state index is 9.10. The number of anilines is 1. The van der Waals surface area contributed by atoms with E-state index in [1.54, 1.807) is 6.20 Å². The Morgan fingerprint density at radius 1 is 1.44 bits per heavy atom. The number of aliphatic hydroxyl groups excluding tert-OH is 1. The molecule has 1 fully saturated rings. The highest BCUT2D eigenvalue weighted by Crippen LogP contribution is 2.18. The summed E-state index contributed by atoms with van der Waals surface area (Å²) in [5.74, 6) is 1.39. The van der Waals surface area contributed by atoms with E-state index in [0.717, 1.165) is 49.8 Å². The molecule has 0 radical (unpaired) electrons. The van der Waals surface area contributed by atoms with Gasteiger partial charge >= 0.3 is 0 Å². The Bertz CT molecular complexity index is 392. The fourth-order valence-electron chi connectivity index (χ4n) is 2.22. The number of rotatable bonds is 4. The molecule has 0 saturated carbocycles. The molecule has 0 unspecified atom stereocenters. The van der Waals surface area contributed by atoms with Crippen LogP contribution in [0, 0.1) is 12.8 Å². The summed E-state index contributed by atoms with van der Waals surface area (Å²) >= 11 is 0. The molecule has 2 rings (SSSR count). The van der Waals surface area contributed by atoms with Crippen LogP contribution in [0.3, 0.4) is 0 Å². The van der Waals surface area contributed by atoms with E-state index < -0.39 is 0 Å². The van der Waals surface area contributed by atoms with Crippen molar-refractivity contribution in [3.05, 3.63) is 17.5 Å². The van der Waals surface area contributed by atoms with E-state index in [1.807, 2.05) is 14.0 Å². The van der Waals surface area contributed by atoms with Crippen molar-refractivity contribution >= 4 is 5.95 Å². The molecule has 1 aromatic heterocycles. The zero-order valence-corrected chi connectivity index (χ0v) is 11.1. The van der Waals surface area contributed by atoms with Gasteiger partial charge in [0.15, 0.2) is 0 Å². The Balaban J connectivity index is 1.99. The third-order valence-corrected chi connectivity index (χ3v) is 3.45. The Kier molecular flexibility index (Phi) is 4.49. The molecule has 1 aliphatic rings. The predicted molar refractivity (Wildman–Crippen MR) is 69.5 cm³/mol. The van der Waals surface area contributed by atoms with Crippen LogP contribution in [0.2, 0.25) is 0 Å². The van der Waals surface area contributed by atoms with Gasteiger partial charge in [0, 0.05) is 44.3 Å². The fraction of sp³-hybridized carbons (Fsp3) is 0.692. The van der Waals surface area contributed by atoms with Gasteiger partial charge in [-0.2, -0.15) is 0 Å². The van der Waals surface area contributed by atoms with E-state index in [4.69, 9.17) is 9.84 Å². The van der Waals surface area contributed by atoms with Gasteiger partial charge in [-0.1, -0.05) is 0 Å². The van der Waals surface area contributed by atoms with Crippen LogP contribution in [0.25, 0.3) is 0 Å². The first kappa shape index (κ1) is 13.2. The van der Waals surface area contributed by atoms with Crippen molar-refractivity contribution in [1.29, 1.82) is 0 Å². The van der Waals surface area contributed by atoms with E-state index in [0.29, 0.717) is 5.92 Å². The normalized spacial score (nSPS) is 16.8. The van der Waals surface area contributed by atoms with Gasteiger partial charge in [-0.3, -0.25) is 0 Å². The van der Waals surface area contributed by atoms with Crippen molar-refractivity contribution < 1.29 is 9.84 Å². The SMILES string of the molecule is Cc1nc(N(C)CC2CCOCC2)ncc1CO. The standard InChI is InChI=1S/C13H21N3O2/c1-10-12(9-17)7-14-13(15-10)16(2)8-11-3-5-18-6-4-11/h7,11,17H,3-6,8-9H2,1-2H3. The van der Waals surface area contributed by atoms with Crippen LogP contribution in [0.1, 0.15) is 24.1 Å². The first-order chi connectivity index (χ1) is 8.70. The maximum absolute atomic E-state index is 9.10. The second-order valence-corrected chi connectivity index (χ2v) is 4.88. The molecule has 1 saturated heterocycles. The second-order valence-electron chi connectivity index (χ2n) is 4.88. The number of aromatic nitrogens is 2. The first-order valence-corrected chi connectivity index (χ1v) is 6.43. The average Bonchev–Trinajstić information content (AvgIpc) is 2.39. The lowest BCUT2D eigenvalue weighted by atomic mass is 10.00. The van der Waals surface area contributed by atoms with Gasteiger partial charge in [-0.05, 0) is 25.7 Å². The lowest BCUT2D eigenvalue weighted by molar-refractivity contribution is 0.0684. The van der Waals surface area contributed by atoms with Crippen LogP contribution >= 0.6 is 0 Å².